The van der Waals surface area contributed by atoms with Crippen LogP contribution in [0, 0.1) is 6.92 Å². The van der Waals surface area contributed by atoms with Crippen molar-refractivity contribution in [3.05, 3.63) is 34.8 Å². The minimum absolute atomic E-state index is 0. The number of aromatic nitrogens is 2. The molecular weight excluding hydrogens is 296 g/mol. The Kier molecular flexibility index (Phi) is 4.01. The van der Waals surface area contributed by atoms with E-state index in [0.717, 1.165) is 26.6 Å². The predicted octanol–water partition coefficient (Wildman–Crippen LogP) is 3.86. The second-order valence-electron chi connectivity index (χ2n) is 4.57. The number of aliphatic carboxylic acids is 1. The van der Waals surface area contributed by atoms with Gasteiger partial charge in [-0.25, -0.2) is 4.98 Å². The Bertz CT molecular complexity index is 778. The molecule has 0 aliphatic carbocycles. The van der Waals surface area contributed by atoms with Gasteiger partial charge in [-0.1, -0.05) is 19.1 Å². The molecule has 0 fully saturated rings. The molecule has 0 saturated carbocycles. The monoisotopic (exact) mass is 310 g/mol. The molecule has 0 saturated heterocycles. The highest BCUT2D eigenvalue weighted by atomic mass is 35.5. The van der Waals surface area contributed by atoms with E-state index < -0.39 is 11.9 Å². The van der Waals surface area contributed by atoms with E-state index in [0.29, 0.717) is 6.42 Å². The molecule has 1 N–H and O–H groups in total. The highest BCUT2D eigenvalue weighted by Crippen LogP contribution is 2.34. The standard InChI is InChI=1S/C14H14N2O2S.ClH/c1-3-9(13(17)18)12-8(2)16-11-7-5-4-6-10(11)15-14(16)19-12;/h4-7,9H,3H2,1-2H3,(H,17,18);1H. The third-order valence-electron chi connectivity index (χ3n) is 3.45. The van der Waals surface area contributed by atoms with Crippen molar-refractivity contribution in [2.24, 2.45) is 0 Å². The Morgan fingerprint density at radius 1 is 1.45 bits per heavy atom. The summed E-state index contributed by atoms with van der Waals surface area (Å²) >= 11 is 1.48. The molecule has 0 radical (unpaired) electrons. The average molecular weight is 311 g/mol. The number of imidazole rings is 1. The van der Waals surface area contributed by atoms with Crippen molar-refractivity contribution in [1.82, 2.24) is 9.38 Å². The molecule has 20 heavy (non-hydrogen) atoms. The van der Waals surface area contributed by atoms with E-state index in [1.165, 1.54) is 11.3 Å². The largest absolute Gasteiger partial charge is 0.481 e. The van der Waals surface area contributed by atoms with Gasteiger partial charge in [-0.05, 0) is 25.5 Å². The minimum Gasteiger partial charge on any atom is -0.481 e. The Labute approximate surface area is 126 Å². The maximum absolute atomic E-state index is 11.3. The predicted molar refractivity (Wildman–Crippen MR) is 83.2 cm³/mol. The normalized spacial score (nSPS) is 12.5. The molecule has 1 aromatic carbocycles. The zero-order chi connectivity index (χ0) is 13.6. The van der Waals surface area contributed by atoms with Gasteiger partial charge in [-0.2, -0.15) is 0 Å². The Hall–Kier alpha value is -1.59. The number of hydrogen-bond acceptors (Lipinski definition) is 3. The SMILES string of the molecule is CCC(C(=O)O)c1sc2nc3ccccc3n2c1C.Cl. The molecule has 0 aliphatic rings. The van der Waals surface area contributed by atoms with Crippen molar-refractivity contribution in [3.8, 4) is 0 Å². The Morgan fingerprint density at radius 2 is 2.15 bits per heavy atom. The number of carboxylic acid groups (broad SMARTS) is 1. The van der Waals surface area contributed by atoms with Gasteiger partial charge in [-0.3, -0.25) is 9.20 Å². The van der Waals surface area contributed by atoms with Crippen molar-refractivity contribution >= 4 is 45.7 Å². The first-order valence-corrected chi connectivity index (χ1v) is 7.04. The van der Waals surface area contributed by atoms with E-state index in [9.17, 15) is 9.90 Å². The smallest absolute Gasteiger partial charge is 0.311 e. The van der Waals surface area contributed by atoms with E-state index in [-0.39, 0.29) is 12.4 Å². The number of thiazole rings is 1. The van der Waals surface area contributed by atoms with Gasteiger partial charge in [0.2, 0.25) is 0 Å². The molecule has 0 bridgehead atoms. The number of hydrogen-bond donors (Lipinski definition) is 1. The molecule has 106 valence electrons. The molecule has 2 heterocycles. The second-order valence-corrected chi connectivity index (χ2v) is 5.58. The molecular formula is C14H15ClN2O2S. The lowest BCUT2D eigenvalue weighted by Gasteiger charge is -2.08. The molecule has 4 nitrogen and oxygen atoms in total. The van der Waals surface area contributed by atoms with Gasteiger partial charge < -0.3 is 5.11 Å². The van der Waals surface area contributed by atoms with E-state index in [4.69, 9.17) is 0 Å². The Morgan fingerprint density at radius 3 is 2.80 bits per heavy atom. The third-order valence-corrected chi connectivity index (χ3v) is 4.70. The van der Waals surface area contributed by atoms with Gasteiger partial charge in [0.25, 0.3) is 0 Å². The molecule has 6 heteroatoms. The molecule has 3 rings (SSSR count). The first-order valence-electron chi connectivity index (χ1n) is 6.22. The summed E-state index contributed by atoms with van der Waals surface area (Å²) in [5, 5.41) is 9.30. The number of aryl methyl sites for hydroxylation is 1. The van der Waals surface area contributed by atoms with Crippen LogP contribution in [-0.4, -0.2) is 20.5 Å². The van der Waals surface area contributed by atoms with Crippen LogP contribution in [0.2, 0.25) is 0 Å². The van der Waals surface area contributed by atoms with Crippen molar-refractivity contribution in [2.45, 2.75) is 26.2 Å². The van der Waals surface area contributed by atoms with E-state index in [1.807, 2.05) is 38.1 Å². The number of rotatable bonds is 3. The van der Waals surface area contributed by atoms with Crippen LogP contribution in [0.1, 0.15) is 29.8 Å². The first kappa shape index (κ1) is 14.8. The van der Waals surface area contributed by atoms with Gasteiger partial charge in [0.15, 0.2) is 4.96 Å². The van der Waals surface area contributed by atoms with E-state index >= 15 is 0 Å². The fourth-order valence-electron chi connectivity index (χ4n) is 2.47. The second kappa shape index (κ2) is 5.42. The fraction of sp³-hybridized carbons (Fsp3) is 0.286. The summed E-state index contributed by atoms with van der Waals surface area (Å²) < 4.78 is 2.06. The quantitative estimate of drug-likeness (QED) is 0.799. The zero-order valence-corrected chi connectivity index (χ0v) is 12.8. The van der Waals surface area contributed by atoms with E-state index in [1.54, 1.807) is 0 Å². The van der Waals surface area contributed by atoms with E-state index in [2.05, 4.69) is 9.38 Å². The summed E-state index contributed by atoms with van der Waals surface area (Å²) in [7, 11) is 0. The molecule has 1 unspecified atom stereocenters. The fourth-order valence-corrected chi connectivity index (χ4v) is 3.79. The first-order chi connectivity index (χ1) is 9.13. The number of benzene rings is 1. The van der Waals surface area contributed by atoms with Crippen LogP contribution in [0.15, 0.2) is 24.3 Å². The molecule has 0 aliphatic heterocycles. The van der Waals surface area contributed by atoms with Crippen molar-refractivity contribution in [3.63, 3.8) is 0 Å². The van der Waals surface area contributed by atoms with Crippen LogP contribution in [0.5, 0.6) is 0 Å². The van der Waals surface area contributed by atoms with Crippen molar-refractivity contribution in [1.29, 1.82) is 0 Å². The van der Waals surface area contributed by atoms with Crippen LogP contribution < -0.4 is 0 Å². The molecule has 1 atom stereocenters. The summed E-state index contributed by atoms with van der Waals surface area (Å²) in [6.07, 6.45) is 0.595. The lowest BCUT2D eigenvalue weighted by Crippen LogP contribution is -2.10. The van der Waals surface area contributed by atoms with Crippen LogP contribution >= 0.6 is 23.7 Å². The topological polar surface area (TPSA) is 54.6 Å². The Balaban J connectivity index is 0.00000147. The number of halogens is 1. The number of para-hydroxylation sites is 2. The number of fused-ring (bicyclic) bond motifs is 3. The lowest BCUT2D eigenvalue weighted by molar-refractivity contribution is -0.138. The van der Waals surface area contributed by atoms with Crippen molar-refractivity contribution < 1.29 is 9.90 Å². The minimum atomic E-state index is -0.764. The summed E-state index contributed by atoms with van der Waals surface area (Å²) in [6.45, 7) is 3.87. The van der Waals surface area contributed by atoms with Crippen LogP contribution in [0.25, 0.3) is 16.0 Å². The maximum Gasteiger partial charge on any atom is 0.311 e. The zero-order valence-electron chi connectivity index (χ0n) is 11.2. The molecule has 0 spiro atoms. The van der Waals surface area contributed by atoms with Gasteiger partial charge in [0, 0.05) is 10.6 Å². The van der Waals surface area contributed by atoms with Gasteiger partial charge in [0.05, 0.1) is 17.0 Å². The lowest BCUT2D eigenvalue weighted by atomic mass is 10.0. The summed E-state index contributed by atoms with van der Waals surface area (Å²) in [5.41, 5.74) is 2.98. The third kappa shape index (κ3) is 2.07. The molecule has 2 aromatic heterocycles. The van der Waals surface area contributed by atoms with Crippen LogP contribution in [0.4, 0.5) is 0 Å². The molecule has 3 aromatic rings. The number of nitrogens with zero attached hydrogens (tertiary/aromatic N) is 2. The van der Waals surface area contributed by atoms with Gasteiger partial charge in [-0.15, -0.1) is 23.7 Å². The van der Waals surface area contributed by atoms with Gasteiger partial charge in [0.1, 0.15) is 0 Å². The van der Waals surface area contributed by atoms with Crippen LogP contribution in [-0.2, 0) is 4.79 Å². The number of carboxylic acids is 1. The summed E-state index contributed by atoms with van der Waals surface area (Å²) in [4.78, 5) is 17.7. The average Bonchev–Trinajstić information content (AvgIpc) is 2.88. The number of carbonyl (C=O) groups is 1. The summed E-state index contributed by atoms with van der Waals surface area (Å²) in [5.74, 6) is -1.20. The highest BCUT2D eigenvalue weighted by Gasteiger charge is 2.24. The van der Waals surface area contributed by atoms with Crippen molar-refractivity contribution in [2.75, 3.05) is 0 Å². The summed E-state index contributed by atoms with van der Waals surface area (Å²) in [6, 6.07) is 7.92. The van der Waals surface area contributed by atoms with Gasteiger partial charge >= 0.3 is 5.97 Å². The van der Waals surface area contributed by atoms with Crippen LogP contribution in [0.3, 0.4) is 0 Å². The molecule has 0 amide bonds. The highest BCUT2D eigenvalue weighted by molar-refractivity contribution is 7.17. The maximum atomic E-state index is 11.3.